The van der Waals surface area contributed by atoms with Crippen molar-refractivity contribution < 1.29 is 29.0 Å². The molecule has 162 valence electrons. The second kappa shape index (κ2) is 8.00. The van der Waals surface area contributed by atoms with Gasteiger partial charge in [0.1, 0.15) is 11.1 Å². The monoisotopic (exact) mass is 444 g/mol. The molecule has 10 heteroatoms. The Morgan fingerprint density at radius 1 is 0.697 bits per heavy atom. The van der Waals surface area contributed by atoms with Crippen molar-refractivity contribution in [2.75, 3.05) is 0 Å². The van der Waals surface area contributed by atoms with Crippen molar-refractivity contribution >= 4 is 34.5 Å². The van der Waals surface area contributed by atoms with Crippen molar-refractivity contribution in [3.05, 3.63) is 114 Å². The van der Waals surface area contributed by atoms with Gasteiger partial charge in [0, 0.05) is 23.3 Å². The zero-order valence-corrected chi connectivity index (χ0v) is 16.6. The van der Waals surface area contributed by atoms with Gasteiger partial charge in [-0.1, -0.05) is 30.4 Å². The van der Waals surface area contributed by atoms with E-state index in [0.717, 1.165) is 12.1 Å². The number of hydrogen-bond donors (Lipinski definition) is 0. The fourth-order valence-electron chi connectivity index (χ4n) is 3.77. The van der Waals surface area contributed by atoms with Gasteiger partial charge in [0.05, 0.1) is 21.0 Å². The molecule has 0 atom stereocenters. The molecule has 2 aromatic carbocycles. The smallest absolute Gasteiger partial charge is 0.281 e. The molecule has 2 aliphatic rings. The van der Waals surface area contributed by atoms with Gasteiger partial charge in [-0.25, -0.2) is 0 Å². The standard InChI is InChI=1S/C23H12N2O8/c26-20-12-8-4-10-16(24(30)31)18(12)22(28)14(20)6-2-1-3-7-15-21(27)13-9-5-11-17(25(32)33)19(13)23(15)29/h1-2,4-11H,3H2. The lowest BCUT2D eigenvalue weighted by Crippen LogP contribution is -2.02. The largest absolute Gasteiger partial charge is 0.288 e. The number of rotatable bonds is 5. The second-order valence-corrected chi connectivity index (χ2v) is 7.09. The summed E-state index contributed by atoms with van der Waals surface area (Å²) in [6, 6.07) is 7.63. The molecule has 0 spiro atoms. The number of allylic oxidation sites excluding steroid dienone is 6. The molecule has 10 nitrogen and oxygen atoms in total. The summed E-state index contributed by atoms with van der Waals surface area (Å²) < 4.78 is 0. The zero-order chi connectivity index (χ0) is 23.9. The third-order valence-electron chi connectivity index (χ3n) is 5.26. The number of hydrogen-bond acceptors (Lipinski definition) is 8. The molecule has 4 rings (SSSR count). The highest BCUT2D eigenvalue weighted by Gasteiger charge is 2.39. The van der Waals surface area contributed by atoms with Crippen molar-refractivity contribution in [1.82, 2.24) is 0 Å². The molecule has 0 aliphatic heterocycles. The summed E-state index contributed by atoms with van der Waals surface area (Å²) in [6.07, 6.45) is 5.41. The van der Waals surface area contributed by atoms with Crippen molar-refractivity contribution in [1.29, 1.82) is 0 Å². The molecular weight excluding hydrogens is 432 g/mol. The van der Waals surface area contributed by atoms with E-state index in [9.17, 15) is 39.4 Å². The van der Waals surface area contributed by atoms with Crippen LogP contribution in [0, 0.1) is 20.2 Å². The number of nitro groups is 2. The molecule has 0 fully saturated rings. The van der Waals surface area contributed by atoms with Crippen LogP contribution in [0.25, 0.3) is 0 Å². The maximum absolute atomic E-state index is 12.5. The Morgan fingerprint density at radius 2 is 1.18 bits per heavy atom. The van der Waals surface area contributed by atoms with Gasteiger partial charge >= 0.3 is 0 Å². The van der Waals surface area contributed by atoms with E-state index in [2.05, 4.69) is 0 Å². The average Bonchev–Trinajstić information content (AvgIpc) is 3.18. The maximum Gasteiger partial charge on any atom is 0.281 e. The van der Waals surface area contributed by atoms with Crippen LogP contribution in [-0.4, -0.2) is 33.0 Å². The third-order valence-corrected chi connectivity index (χ3v) is 5.26. The molecule has 0 saturated heterocycles. The van der Waals surface area contributed by atoms with E-state index < -0.39 is 44.4 Å². The fraction of sp³-hybridized carbons (Fsp3) is 0.0435. The Labute approximate surface area is 184 Å². The summed E-state index contributed by atoms with van der Waals surface area (Å²) in [6.45, 7) is 0. The Morgan fingerprint density at radius 3 is 1.70 bits per heavy atom. The number of carbonyl (C=O) groups excluding carboxylic acids is 4. The average molecular weight is 444 g/mol. The first kappa shape index (κ1) is 21.4. The summed E-state index contributed by atoms with van der Waals surface area (Å²) in [5.41, 5.74) is -1.91. The quantitative estimate of drug-likeness (QED) is 0.292. The number of fused-ring (bicyclic) bond motifs is 2. The van der Waals surface area contributed by atoms with Gasteiger partial charge in [0.2, 0.25) is 11.6 Å². The molecule has 0 unspecified atom stereocenters. The number of carbonyl (C=O) groups is 4. The summed E-state index contributed by atoms with van der Waals surface area (Å²) in [7, 11) is 0. The summed E-state index contributed by atoms with van der Waals surface area (Å²) >= 11 is 0. The normalized spacial score (nSPS) is 17.3. The summed E-state index contributed by atoms with van der Waals surface area (Å²) in [4.78, 5) is 70.8. The number of nitro benzene ring substituents is 2. The molecule has 0 aromatic heterocycles. The van der Waals surface area contributed by atoms with E-state index in [1.807, 2.05) is 0 Å². The molecular formula is C23H12N2O8. The van der Waals surface area contributed by atoms with Gasteiger partial charge in [-0.3, -0.25) is 39.4 Å². The van der Waals surface area contributed by atoms with Crippen molar-refractivity contribution in [3.63, 3.8) is 0 Å². The molecule has 2 aromatic rings. The van der Waals surface area contributed by atoms with Crippen molar-refractivity contribution in [3.8, 4) is 0 Å². The van der Waals surface area contributed by atoms with E-state index in [1.54, 1.807) is 0 Å². The lowest BCUT2D eigenvalue weighted by atomic mass is 10.1. The van der Waals surface area contributed by atoms with Crippen LogP contribution in [-0.2, 0) is 0 Å². The molecule has 0 radical (unpaired) electrons. The molecule has 0 N–H and O–H groups in total. The number of nitrogens with zero attached hydrogens (tertiary/aromatic N) is 2. The van der Waals surface area contributed by atoms with Crippen LogP contribution in [0.3, 0.4) is 0 Å². The Kier molecular flexibility index (Phi) is 5.18. The predicted molar refractivity (Wildman–Crippen MR) is 113 cm³/mol. The Hall–Kier alpha value is -4.86. The topological polar surface area (TPSA) is 155 Å². The van der Waals surface area contributed by atoms with Crippen LogP contribution in [0.4, 0.5) is 11.4 Å². The van der Waals surface area contributed by atoms with E-state index in [4.69, 9.17) is 0 Å². The Bertz CT molecular complexity index is 1410. The first-order chi connectivity index (χ1) is 15.7. The van der Waals surface area contributed by atoms with Crippen LogP contribution < -0.4 is 0 Å². The highest BCUT2D eigenvalue weighted by atomic mass is 16.6. The highest BCUT2D eigenvalue weighted by Crippen LogP contribution is 2.34. The maximum atomic E-state index is 12.5. The van der Waals surface area contributed by atoms with Crippen LogP contribution >= 0.6 is 0 Å². The van der Waals surface area contributed by atoms with Gasteiger partial charge in [0.25, 0.3) is 11.4 Å². The van der Waals surface area contributed by atoms with Gasteiger partial charge in [0.15, 0.2) is 11.6 Å². The van der Waals surface area contributed by atoms with Gasteiger partial charge in [-0.15, -0.1) is 0 Å². The summed E-state index contributed by atoms with van der Waals surface area (Å²) in [5.74, 6) is -2.74. The molecule has 0 saturated carbocycles. The number of Topliss-reactive ketones (excluding diaryl/α,β-unsaturated/α-hetero) is 4. The van der Waals surface area contributed by atoms with E-state index in [1.165, 1.54) is 48.6 Å². The fourth-order valence-corrected chi connectivity index (χ4v) is 3.77. The minimum atomic E-state index is -0.755. The van der Waals surface area contributed by atoms with Crippen LogP contribution in [0.15, 0.2) is 71.8 Å². The van der Waals surface area contributed by atoms with Crippen LogP contribution in [0.5, 0.6) is 0 Å². The molecule has 0 heterocycles. The highest BCUT2D eigenvalue weighted by molar-refractivity contribution is 6.41. The second-order valence-electron chi connectivity index (χ2n) is 7.09. The van der Waals surface area contributed by atoms with Crippen molar-refractivity contribution in [2.45, 2.75) is 6.42 Å². The first-order valence-electron chi connectivity index (χ1n) is 9.54. The van der Waals surface area contributed by atoms with E-state index in [0.29, 0.717) is 0 Å². The molecule has 0 bridgehead atoms. The third kappa shape index (κ3) is 3.39. The summed E-state index contributed by atoms with van der Waals surface area (Å²) in [5, 5.41) is 22.3. The lowest BCUT2D eigenvalue weighted by molar-refractivity contribution is -0.385. The minimum absolute atomic E-state index is 0.0342. The number of ketones is 4. The predicted octanol–water partition coefficient (Wildman–Crippen LogP) is 3.76. The van der Waals surface area contributed by atoms with Gasteiger partial charge in [-0.2, -0.15) is 0 Å². The molecule has 0 amide bonds. The zero-order valence-electron chi connectivity index (χ0n) is 16.6. The van der Waals surface area contributed by atoms with Crippen molar-refractivity contribution in [2.24, 2.45) is 0 Å². The van der Waals surface area contributed by atoms with Gasteiger partial charge < -0.3 is 0 Å². The number of benzene rings is 2. The van der Waals surface area contributed by atoms with Crippen LogP contribution in [0.2, 0.25) is 0 Å². The van der Waals surface area contributed by atoms with E-state index in [-0.39, 0.29) is 39.8 Å². The molecule has 2 aliphatic carbocycles. The van der Waals surface area contributed by atoms with Crippen LogP contribution in [0.1, 0.15) is 47.9 Å². The van der Waals surface area contributed by atoms with E-state index >= 15 is 0 Å². The SMILES string of the molecule is O=C1C(=CC=CCC=C2C(=O)c3cccc([N+](=O)[O-])c3C2=O)C(=O)c2c1cccc2[N+](=O)[O-]. The minimum Gasteiger partial charge on any atom is -0.288 e. The molecule has 33 heavy (non-hydrogen) atoms. The Balaban J connectivity index is 1.54. The van der Waals surface area contributed by atoms with Gasteiger partial charge in [-0.05, 0) is 24.6 Å². The lowest BCUT2D eigenvalue weighted by Gasteiger charge is -1.96. The first-order valence-corrected chi connectivity index (χ1v) is 9.54.